The van der Waals surface area contributed by atoms with Gasteiger partial charge in [0.2, 0.25) is 0 Å². The largest absolute Gasteiger partial charge is 0.508 e. The predicted molar refractivity (Wildman–Crippen MR) is 70.0 cm³/mol. The molecule has 1 aliphatic rings. The highest BCUT2D eigenvalue weighted by molar-refractivity contribution is 5.29. The van der Waals surface area contributed by atoms with Crippen molar-refractivity contribution in [1.82, 2.24) is 14.8 Å². The van der Waals surface area contributed by atoms with E-state index in [1.165, 1.54) is 0 Å². The lowest BCUT2D eigenvalue weighted by atomic mass is 10.1. The van der Waals surface area contributed by atoms with Gasteiger partial charge in [0.15, 0.2) is 5.82 Å². The van der Waals surface area contributed by atoms with Crippen LogP contribution >= 0.6 is 0 Å². The van der Waals surface area contributed by atoms with Crippen molar-refractivity contribution in [2.45, 2.75) is 31.7 Å². The second-order valence-electron chi connectivity index (χ2n) is 4.96. The summed E-state index contributed by atoms with van der Waals surface area (Å²) < 4.78 is 1.86. The third-order valence-corrected chi connectivity index (χ3v) is 3.51. The summed E-state index contributed by atoms with van der Waals surface area (Å²) in [5.74, 6) is 1.97. The highest BCUT2D eigenvalue weighted by Crippen LogP contribution is 2.23. The van der Waals surface area contributed by atoms with Crippen molar-refractivity contribution >= 4 is 0 Å². The minimum Gasteiger partial charge on any atom is -0.508 e. The Morgan fingerprint density at radius 2 is 2.26 bits per heavy atom. The third-order valence-electron chi connectivity index (χ3n) is 3.51. The fraction of sp³-hybridized carbons (Fsp3) is 0.429. The Kier molecular flexibility index (Phi) is 3.21. The van der Waals surface area contributed by atoms with Crippen molar-refractivity contribution in [2.75, 3.05) is 6.61 Å². The Balaban J connectivity index is 1.85. The Bertz CT molecular complexity index is 580. The van der Waals surface area contributed by atoms with Gasteiger partial charge in [-0.05, 0) is 30.5 Å². The molecule has 0 radical (unpaired) electrons. The van der Waals surface area contributed by atoms with Crippen LogP contribution in [0.5, 0.6) is 5.75 Å². The van der Waals surface area contributed by atoms with Crippen molar-refractivity contribution in [2.24, 2.45) is 0 Å². The van der Waals surface area contributed by atoms with Gasteiger partial charge in [0.1, 0.15) is 11.6 Å². The van der Waals surface area contributed by atoms with E-state index in [0.29, 0.717) is 6.42 Å². The Labute approximate surface area is 111 Å². The lowest BCUT2D eigenvalue weighted by molar-refractivity contribution is 0.195. The first-order chi connectivity index (χ1) is 9.26. The third kappa shape index (κ3) is 2.46. The maximum Gasteiger partial charge on any atom is 0.155 e. The van der Waals surface area contributed by atoms with Gasteiger partial charge in [-0.1, -0.05) is 12.1 Å². The molecule has 0 saturated carbocycles. The quantitative estimate of drug-likeness (QED) is 0.875. The molecule has 1 aromatic carbocycles. The van der Waals surface area contributed by atoms with Gasteiger partial charge in [-0.2, -0.15) is 5.10 Å². The van der Waals surface area contributed by atoms with Gasteiger partial charge in [0.05, 0.1) is 12.6 Å². The molecule has 0 fully saturated rings. The number of aromatic hydroxyl groups is 1. The SMILES string of the molecule is OCC1CCCc2nc(Cc3cccc(O)c3)nn21. The van der Waals surface area contributed by atoms with Gasteiger partial charge in [-0.3, -0.25) is 0 Å². The zero-order chi connectivity index (χ0) is 13.2. The van der Waals surface area contributed by atoms with Crippen LogP contribution in [0.1, 0.15) is 36.1 Å². The minimum absolute atomic E-state index is 0.0641. The first-order valence-corrected chi connectivity index (χ1v) is 6.59. The molecule has 19 heavy (non-hydrogen) atoms. The van der Waals surface area contributed by atoms with E-state index in [4.69, 9.17) is 0 Å². The Morgan fingerprint density at radius 1 is 1.37 bits per heavy atom. The number of hydrogen-bond donors (Lipinski definition) is 2. The van der Waals surface area contributed by atoms with E-state index in [0.717, 1.165) is 36.5 Å². The van der Waals surface area contributed by atoms with Gasteiger partial charge < -0.3 is 10.2 Å². The van der Waals surface area contributed by atoms with Crippen LogP contribution in [0.15, 0.2) is 24.3 Å². The smallest absolute Gasteiger partial charge is 0.155 e. The average Bonchev–Trinajstić information content (AvgIpc) is 2.80. The van der Waals surface area contributed by atoms with E-state index in [-0.39, 0.29) is 18.4 Å². The molecule has 2 aromatic rings. The van der Waals surface area contributed by atoms with Crippen molar-refractivity contribution in [1.29, 1.82) is 0 Å². The number of aryl methyl sites for hydroxylation is 1. The summed E-state index contributed by atoms with van der Waals surface area (Å²) in [4.78, 5) is 4.53. The Hall–Kier alpha value is -1.88. The molecule has 0 spiro atoms. The number of phenolic OH excluding ortho intramolecular Hbond substituents is 1. The molecule has 3 rings (SSSR count). The number of aliphatic hydroxyl groups is 1. The predicted octanol–water partition coefficient (Wildman–Crippen LogP) is 1.44. The second-order valence-corrected chi connectivity index (χ2v) is 4.96. The van der Waals surface area contributed by atoms with Gasteiger partial charge in [0.25, 0.3) is 0 Å². The molecule has 0 bridgehead atoms. The average molecular weight is 259 g/mol. The van der Waals surface area contributed by atoms with Crippen molar-refractivity contribution in [3.8, 4) is 5.75 Å². The van der Waals surface area contributed by atoms with E-state index < -0.39 is 0 Å². The summed E-state index contributed by atoms with van der Waals surface area (Å²) in [6.07, 6.45) is 3.53. The van der Waals surface area contributed by atoms with Crippen LogP contribution in [0.3, 0.4) is 0 Å². The summed E-state index contributed by atoms with van der Waals surface area (Å²) in [6, 6.07) is 7.20. The number of hydrogen-bond acceptors (Lipinski definition) is 4. The maximum atomic E-state index is 9.45. The zero-order valence-corrected chi connectivity index (χ0v) is 10.7. The van der Waals surface area contributed by atoms with Crippen LogP contribution in [0, 0.1) is 0 Å². The monoisotopic (exact) mass is 259 g/mol. The molecule has 1 aromatic heterocycles. The highest BCUT2D eigenvalue weighted by Gasteiger charge is 2.22. The van der Waals surface area contributed by atoms with Crippen LogP contribution < -0.4 is 0 Å². The van der Waals surface area contributed by atoms with E-state index in [1.54, 1.807) is 12.1 Å². The summed E-state index contributed by atoms with van der Waals surface area (Å²) in [5, 5.41) is 23.3. The van der Waals surface area contributed by atoms with Crippen molar-refractivity contribution in [3.63, 3.8) is 0 Å². The topological polar surface area (TPSA) is 71.2 Å². The van der Waals surface area contributed by atoms with Crippen LogP contribution in [-0.2, 0) is 12.8 Å². The maximum absolute atomic E-state index is 9.45. The number of aliphatic hydroxyl groups excluding tert-OH is 1. The summed E-state index contributed by atoms with van der Waals surface area (Å²) in [7, 11) is 0. The fourth-order valence-electron chi connectivity index (χ4n) is 2.58. The number of rotatable bonds is 3. The molecule has 2 heterocycles. The summed E-state index contributed by atoms with van der Waals surface area (Å²) in [6.45, 7) is 0.113. The summed E-state index contributed by atoms with van der Waals surface area (Å²) in [5.41, 5.74) is 0.989. The molecule has 5 nitrogen and oxygen atoms in total. The van der Waals surface area contributed by atoms with E-state index in [1.807, 2.05) is 16.8 Å². The van der Waals surface area contributed by atoms with Crippen LogP contribution in [0.4, 0.5) is 0 Å². The molecule has 1 atom stereocenters. The lowest BCUT2D eigenvalue weighted by Gasteiger charge is -2.20. The Morgan fingerprint density at radius 3 is 3.05 bits per heavy atom. The van der Waals surface area contributed by atoms with Crippen molar-refractivity contribution in [3.05, 3.63) is 41.5 Å². The first kappa shape index (κ1) is 12.2. The molecule has 5 heteroatoms. The van der Waals surface area contributed by atoms with Crippen molar-refractivity contribution < 1.29 is 10.2 Å². The van der Waals surface area contributed by atoms with Crippen LogP contribution in [-0.4, -0.2) is 31.6 Å². The molecular formula is C14H17N3O2. The van der Waals surface area contributed by atoms with E-state index in [9.17, 15) is 10.2 Å². The lowest BCUT2D eigenvalue weighted by Crippen LogP contribution is -2.22. The normalized spacial score (nSPS) is 18.3. The molecule has 1 aliphatic heterocycles. The molecule has 0 aliphatic carbocycles. The molecule has 1 unspecified atom stereocenters. The van der Waals surface area contributed by atoms with Gasteiger partial charge in [-0.15, -0.1) is 0 Å². The van der Waals surface area contributed by atoms with E-state index in [2.05, 4.69) is 10.1 Å². The molecule has 0 saturated heterocycles. The van der Waals surface area contributed by atoms with Gasteiger partial charge in [0, 0.05) is 12.8 Å². The van der Waals surface area contributed by atoms with Crippen LogP contribution in [0.2, 0.25) is 0 Å². The number of nitrogens with zero attached hydrogens (tertiary/aromatic N) is 3. The standard InChI is InChI=1S/C14H17N3O2/c18-9-11-4-2-6-14-15-13(16-17(11)14)8-10-3-1-5-12(19)7-10/h1,3,5,7,11,18-19H,2,4,6,8-9H2. The molecular weight excluding hydrogens is 242 g/mol. The second kappa shape index (κ2) is 5.01. The number of phenols is 1. The first-order valence-electron chi connectivity index (χ1n) is 6.59. The molecule has 0 amide bonds. The number of benzene rings is 1. The highest BCUT2D eigenvalue weighted by atomic mass is 16.3. The number of fused-ring (bicyclic) bond motifs is 1. The minimum atomic E-state index is 0.0641. The number of aromatic nitrogens is 3. The van der Waals surface area contributed by atoms with Crippen LogP contribution in [0.25, 0.3) is 0 Å². The zero-order valence-electron chi connectivity index (χ0n) is 10.7. The summed E-state index contributed by atoms with van der Waals surface area (Å²) >= 11 is 0. The van der Waals surface area contributed by atoms with Gasteiger partial charge in [-0.25, -0.2) is 9.67 Å². The fourth-order valence-corrected chi connectivity index (χ4v) is 2.58. The van der Waals surface area contributed by atoms with E-state index >= 15 is 0 Å². The van der Waals surface area contributed by atoms with Gasteiger partial charge >= 0.3 is 0 Å². The molecule has 100 valence electrons. The molecule has 2 N–H and O–H groups in total.